The van der Waals surface area contributed by atoms with E-state index in [1.54, 1.807) is 10.9 Å². The van der Waals surface area contributed by atoms with Gasteiger partial charge in [0.2, 0.25) is 16.0 Å². The number of rotatable bonds is 7. The Labute approximate surface area is 177 Å². The van der Waals surface area contributed by atoms with Crippen LogP contribution in [-0.4, -0.2) is 84.6 Å². The van der Waals surface area contributed by atoms with E-state index in [1.807, 2.05) is 7.05 Å². The average molecular weight is 435 g/mol. The highest BCUT2D eigenvalue weighted by molar-refractivity contribution is 7.89. The molecule has 5 rings (SSSR count). The average Bonchev–Trinajstić information content (AvgIpc) is 3.26. The lowest BCUT2D eigenvalue weighted by Gasteiger charge is -2.59. The first kappa shape index (κ1) is 20.0. The molecule has 1 spiro atoms. The summed E-state index contributed by atoms with van der Waals surface area (Å²) >= 11 is 0. The van der Waals surface area contributed by atoms with Crippen LogP contribution in [0.25, 0.3) is 11.0 Å². The Morgan fingerprint density at radius 1 is 1.13 bits per heavy atom. The van der Waals surface area contributed by atoms with Gasteiger partial charge in [-0.1, -0.05) is 12.8 Å². The van der Waals surface area contributed by atoms with Gasteiger partial charge in [-0.2, -0.15) is 10.1 Å². The predicted molar refractivity (Wildman–Crippen MR) is 116 cm³/mol. The molecule has 1 aliphatic carbocycles. The first-order chi connectivity index (χ1) is 14.3. The lowest BCUT2D eigenvalue weighted by Crippen LogP contribution is -2.71. The van der Waals surface area contributed by atoms with Gasteiger partial charge in [0.25, 0.3) is 0 Å². The summed E-state index contributed by atoms with van der Waals surface area (Å²) in [5.74, 6) is 1.34. The van der Waals surface area contributed by atoms with Crippen molar-refractivity contribution in [1.82, 2.24) is 29.4 Å². The minimum atomic E-state index is -3.31. The quantitative estimate of drug-likeness (QED) is 0.644. The summed E-state index contributed by atoms with van der Waals surface area (Å²) in [4.78, 5) is 14.0. The van der Waals surface area contributed by atoms with Gasteiger partial charge in [-0.3, -0.25) is 4.68 Å². The zero-order valence-corrected chi connectivity index (χ0v) is 18.5. The molecule has 1 saturated carbocycles. The number of sulfonamides is 1. The van der Waals surface area contributed by atoms with Crippen LogP contribution in [-0.2, 0) is 17.1 Å². The number of likely N-dealkylation sites (tertiary alicyclic amines) is 1. The number of nitrogens with one attached hydrogen (secondary N) is 2. The fraction of sp³-hybridized carbons (Fsp3) is 0.737. The van der Waals surface area contributed by atoms with E-state index in [4.69, 9.17) is 9.97 Å². The summed E-state index contributed by atoms with van der Waals surface area (Å²) in [5, 5.41) is 7.54. The second-order valence-electron chi connectivity index (χ2n) is 9.25. The van der Waals surface area contributed by atoms with Gasteiger partial charge in [0.15, 0.2) is 5.82 Å². The minimum Gasteiger partial charge on any atom is -0.367 e. The maximum absolute atomic E-state index is 12.4. The highest BCUT2D eigenvalue weighted by Crippen LogP contribution is 2.40. The van der Waals surface area contributed by atoms with Crippen molar-refractivity contribution in [3.05, 3.63) is 6.20 Å². The SMILES string of the molecule is CN1CC2(C1)CN(c1nc(NCCS(=O)(=O)NC3CCCC3)c3c(cnn3C)n1)C2. The molecule has 10 nitrogen and oxygen atoms in total. The van der Waals surface area contributed by atoms with Crippen LogP contribution in [0.1, 0.15) is 25.7 Å². The number of hydrogen-bond acceptors (Lipinski definition) is 8. The van der Waals surface area contributed by atoms with E-state index in [-0.39, 0.29) is 18.3 Å². The minimum absolute atomic E-state index is 0.0152. The molecule has 3 fully saturated rings. The molecule has 2 aromatic heterocycles. The second kappa shape index (κ2) is 7.31. The van der Waals surface area contributed by atoms with Gasteiger partial charge in [0.1, 0.15) is 11.0 Å². The molecule has 164 valence electrons. The van der Waals surface area contributed by atoms with Crippen molar-refractivity contribution < 1.29 is 8.42 Å². The zero-order chi connectivity index (χ0) is 20.9. The molecule has 0 aromatic carbocycles. The molecular weight excluding hydrogens is 404 g/mol. The van der Waals surface area contributed by atoms with Gasteiger partial charge in [0, 0.05) is 51.2 Å². The van der Waals surface area contributed by atoms with Gasteiger partial charge in [-0.25, -0.2) is 18.1 Å². The first-order valence-electron chi connectivity index (χ1n) is 10.7. The van der Waals surface area contributed by atoms with Crippen molar-refractivity contribution in [1.29, 1.82) is 0 Å². The molecule has 11 heteroatoms. The largest absolute Gasteiger partial charge is 0.367 e. The third-order valence-electron chi connectivity index (χ3n) is 6.49. The van der Waals surface area contributed by atoms with Crippen LogP contribution in [0.4, 0.5) is 11.8 Å². The molecule has 2 saturated heterocycles. The molecule has 2 aromatic rings. The topological polar surface area (TPSA) is 108 Å². The molecule has 2 N–H and O–H groups in total. The lowest BCUT2D eigenvalue weighted by molar-refractivity contribution is -0.00319. The van der Waals surface area contributed by atoms with E-state index in [0.29, 0.717) is 17.2 Å². The van der Waals surface area contributed by atoms with Crippen LogP contribution in [0, 0.1) is 5.41 Å². The highest BCUT2D eigenvalue weighted by atomic mass is 32.2. The van der Waals surface area contributed by atoms with E-state index in [1.165, 1.54) is 0 Å². The standard InChI is InChI=1S/C19H30N8O2S/c1-25-10-19(11-25)12-27(13-19)18-22-15-9-21-26(2)16(15)17(23-18)20-7-8-30(28,29)24-14-5-3-4-6-14/h9,14,24H,3-8,10-13H2,1-2H3,(H,20,22,23). The number of nitrogens with zero attached hydrogens (tertiary/aromatic N) is 6. The van der Waals surface area contributed by atoms with Crippen LogP contribution in [0.3, 0.4) is 0 Å². The Morgan fingerprint density at radius 3 is 2.57 bits per heavy atom. The Bertz CT molecular complexity index is 1030. The fourth-order valence-corrected chi connectivity index (χ4v) is 6.43. The fourth-order valence-electron chi connectivity index (χ4n) is 5.20. The maximum atomic E-state index is 12.4. The molecule has 30 heavy (non-hydrogen) atoms. The molecule has 0 unspecified atom stereocenters. The van der Waals surface area contributed by atoms with Gasteiger partial charge in [0.05, 0.1) is 11.9 Å². The number of anilines is 2. The van der Waals surface area contributed by atoms with E-state index in [9.17, 15) is 8.42 Å². The molecule has 0 bridgehead atoms. The maximum Gasteiger partial charge on any atom is 0.228 e. The number of fused-ring (bicyclic) bond motifs is 1. The summed E-state index contributed by atoms with van der Waals surface area (Å²) in [7, 11) is 0.673. The van der Waals surface area contributed by atoms with Crippen LogP contribution in [0.15, 0.2) is 6.20 Å². The van der Waals surface area contributed by atoms with E-state index in [0.717, 1.165) is 62.9 Å². The second-order valence-corrected chi connectivity index (χ2v) is 11.1. The Morgan fingerprint density at radius 2 is 1.87 bits per heavy atom. The van der Waals surface area contributed by atoms with E-state index >= 15 is 0 Å². The summed E-state index contributed by atoms with van der Waals surface area (Å²) in [6.45, 7) is 4.45. The molecule has 4 heterocycles. The highest BCUT2D eigenvalue weighted by Gasteiger charge is 2.51. The normalized spacial score (nSPS) is 21.9. The van der Waals surface area contributed by atoms with E-state index in [2.05, 4.69) is 32.0 Å². The Hall–Kier alpha value is -1.98. The van der Waals surface area contributed by atoms with Crippen molar-refractivity contribution in [2.24, 2.45) is 12.5 Å². The van der Waals surface area contributed by atoms with Crippen molar-refractivity contribution >= 4 is 32.8 Å². The molecule has 0 radical (unpaired) electrons. The molecule has 3 aliphatic rings. The van der Waals surface area contributed by atoms with E-state index < -0.39 is 10.0 Å². The first-order valence-corrected chi connectivity index (χ1v) is 12.3. The molecular formula is C19H30N8O2S. The van der Waals surface area contributed by atoms with Gasteiger partial charge in [-0.05, 0) is 19.9 Å². The third kappa shape index (κ3) is 3.74. The molecule has 0 amide bonds. The van der Waals surface area contributed by atoms with Gasteiger partial charge >= 0.3 is 0 Å². The molecule has 2 aliphatic heterocycles. The third-order valence-corrected chi connectivity index (χ3v) is 7.92. The summed E-state index contributed by atoms with van der Waals surface area (Å²) in [6, 6.07) is 0.0914. The summed E-state index contributed by atoms with van der Waals surface area (Å²) in [5.41, 5.74) is 1.94. The predicted octanol–water partition coefficient (Wildman–Crippen LogP) is 0.389. The zero-order valence-electron chi connectivity index (χ0n) is 17.6. The van der Waals surface area contributed by atoms with Crippen molar-refractivity contribution in [3.63, 3.8) is 0 Å². The number of hydrogen-bond donors (Lipinski definition) is 2. The number of aromatic nitrogens is 4. The summed E-state index contributed by atoms with van der Waals surface area (Å²) in [6.07, 6.45) is 5.80. The van der Waals surface area contributed by atoms with Crippen LogP contribution in [0.5, 0.6) is 0 Å². The monoisotopic (exact) mass is 434 g/mol. The van der Waals surface area contributed by atoms with Crippen molar-refractivity contribution in [2.75, 3.05) is 55.7 Å². The van der Waals surface area contributed by atoms with Crippen LogP contribution in [0.2, 0.25) is 0 Å². The van der Waals surface area contributed by atoms with Crippen LogP contribution < -0.4 is 14.9 Å². The van der Waals surface area contributed by atoms with Gasteiger partial charge < -0.3 is 15.1 Å². The Kier molecular flexibility index (Phi) is 4.86. The lowest BCUT2D eigenvalue weighted by atomic mass is 9.73. The van der Waals surface area contributed by atoms with Crippen molar-refractivity contribution in [3.8, 4) is 0 Å². The summed E-state index contributed by atoms with van der Waals surface area (Å²) < 4.78 is 29.4. The smallest absolute Gasteiger partial charge is 0.228 e. The molecule has 0 atom stereocenters. The van der Waals surface area contributed by atoms with Crippen LogP contribution >= 0.6 is 0 Å². The number of aryl methyl sites for hydroxylation is 1. The van der Waals surface area contributed by atoms with Crippen molar-refractivity contribution in [2.45, 2.75) is 31.7 Å². The van der Waals surface area contributed by atoms with Gasteiger partial charge in [-0.15, -0.1) is 0 Å². The Balaban J connectivity index is 1.28.